The Morgan fingerprint density at radius 1 is 1.05 bits per heavy atom. The predicted molar refractivity (Wildman–Crippen MR) is 75.6 cm³/mol. The van der Waals surface area contributed by atoms with Crippen molar-refractivity contribution < 1.29 is 18.3 Å². The molecule has 0 aliphatic carbocycles. The van der Waals surface area contributed by atoms with Gasteiger partial charge in [-0.25, -0.2) is 8.78 Å². The van der Waals surface area contributed by atoms with E-state index in [0.29, 0.717) is 5.56 Å². The highest BCUT2D eigenvalue weighted by atomic mass is 19.2. The fourth-order valence-corrected chi connectivity index (χ4v) is 1.91. The van der Waals surface area contributed by atoms with Crippen molar-refractivity contribution in [3.05, 3.63) is 71.3 Å². The lowest BCUT2D eigenvalue weighted by Crippen LogP contribution is -2.31. The van der Waals surface area contributed by atoms with Gasteiger partial charge in [0.25, 0.3) is 0 Å². The molecule has 0 aliphatic heterocycles. The number of carbonyl (C=O) groups is 1. The minimum atomic E-state index is -1.05. The molecule has 0 saturated carbocycles. The van der Waals surface area contributed by atoms with Crippen LogP contribution in [-0.2, 0) is 21.6 Å². The van der Waals surface area contributed by atoms with E-state index < -0.39 is 23.0 Å². The minimum absolute atomic E-state index is 0.146. The summed E-state index contributed by atoms with van der Waals surface area (Å²) in [6.07, 6.45) is 0. The van der Waals surface area contributed by atoms with Gasteiger partial charge in [0.05, 0.1) is 5.41 Å². The molecule has 0 fully saturated rings. The molecule has 4 heteroatoms. The van der Waals surface area contributed by atoms with Crippen LogP contribution in [0.3, 0.4) is 0 Å². The molecule has 2 nitrogen and oxygen atoms in total. The highest BCUT2D eigenvalue weighted by Gasteiger charge is 2.32. The van der Waals surface area contributed by atoms with Crippen molar-refractivity contribution in [1.82, 2.24) is 0 Å². The summed E-state index contributed by atoms with van der Waals surface area (Å²) in [5, 5.41) is 0. The third-order valence-corrected chi connectivity index (χ3v) is 3.36. The first-order chi connectivity index (χ1) is 9.91. The number of esters is 1. The number of hydrogen-bond donors (Lipinski definition) is 0. The predicted octanol–water partition coefficient (Wildman–Crippen LogP) is 3.99. The number of rotatable bonds is 4. The van der Waals surface area contributed by atoms with Crippen molar-refractivity contribution in [2.24, 2.45) is 0 Å². The molecule has 0 aliphatic rings. The Balaban J connectivity index is 2.11. The molecule has 0 aromatic heterocycles. The van der Waals surface area contributed by atoms with E-state index in [4.69, 9.17) is 4.74 Å². The van der Waals surface area contributed by atoms with Crippen LogP contribution in [0.15, 0.2) is 48.5 Å². The Kier molecular flexibility index (Phi) is 4.36. The van der Waals surface area contributed by atoms with E-state index in [1.165, 1.54) is 6.07 Å². The Hall–Kier alpha value is -2.23. The Bertz CT molecular complexity index is 636. The first-order valence-electron chi connectivity index (χ1n) is 6.58. The summed E-state index contributed by atoms with van der Waals surface area (Å²) in [5.41, 5.74) is 0.190. The number of ether oxygens (including phenoxy) is 1. The van der Waals surface area contributed by atoms with Crippen LogP contribution in [-0.4, -0.2) is 5.97 Å². The molecular weight excluding hydrogens is 274 g/mol. The van der Waals surface area contributed by atoms with E-state index in [0.717, 1.165) is 17.7 Å². The molecule has 2 aromatic carbocycles. The van der Waals surface area contributed by atoms with Crippen molar-refractivity contribution >= 4 is 5.97 Å². The van der Waals surface area contributed by atoms with Crippen LogP contribution in [0, 0.1) is 11.6 Å². The topological polar surface area (TPSA) is 26.3 Å². The van der Waals surface area contributed by atoms with E-state index in [2.05, 4.69) is 0 Å². The SMILES string of the molecule is CC(C)(C(=O)OCc1ccccc1)c1ccc(F)c(F)c1. The fourth-order valence-electron chi connectivity index (χ4n) is 1.91. The summed E-state index contributed by atoms with van der Waals surface area (Å²) in [6.45, 7) is 3.38. The van der Waals surface area contributed by atoms with Gasteiger partial charge >= 0.3 is 5.97 Å². The monoisotopic (exact) mass is 290 g/mol. The number of benzene rings is 2. The van der Waals surface area contributed by atoms with Crippen LogP contribution in [0.2, 0.25) is 0 Å². The molecule has 110 valence electrons. The smallest absolute Gasteiger partial charge is 0.316 e. The van der Waals surface area contributed by atoms with Gasteiger partial charge in [0.2, 0.25) is 0 Å². The lowest BCUT2D eigenvalue weighted by atomic mass is 9.84. The Morgan fingerprint density at radius 3 is 2.33 bits per heavy atom. The Morgan fingerprint density at radius 2 is 1.71 bits per heavy atom. The van der Waals surface area contributed by atoms with Crippen molar-refractivity contribution in [1.29, 1.82) is 0 Å². The molecule has 0 atom stereocenters. The molecular formula is C17H16F2O2. The highest BCUT2D eigenvalue weighted by molar-refractivity contribution is 5.82. The van der Waals surface area contributed by atoms with Gasteiger partial charge in [-0.3, -0.25) is 4.79 Å². The molecule has 0 bridgehead atoms. The molecule has 0 saturated heterocycles. The van der Waals surface area contributed by atoms with Crippen LogP contribution in [0.4, 0.5) is 8.78 Å². The standard InChI is InChI=1S/C17H16F2O2/c1-17(2,13-8-9-14(18)15(19)10-13)16(20)21-11-12-6-4-3-5-7-12/h3-10H,11H2,1-2H3. The van der Waals surface area contributed by atoms with E-state index in [-0.39, 0.29) is 6.61 Å². The summed E-state index contributed by atoms with van der Waals surface area (Å²) >= 11 is 0. The first-order valence-corrected chi connectivity index (χ1v) is 6.58. The van der Waals surface area contributed by atoms with Crippen LogP contribution in [0.25, 0.3) is 0 Å². The third-order valence-electron chi connectivity index (χ3n) is 3.36. The molecule has 0 N–H and O–H groups in total. The summed E-state index contributed by atoms with van der Waals surface area (Å²) < 4.78 is 31.5. The van der Waals surface area contributed by atoms with Crippen LogP contribution >= 0.6 is 0 Å². The summed E-state index contributed by atoms with van der Waals surface area (Å²) in [6, 6.07) is 12.7. The second-order valence-corrected chi connectivity index (χ2v) is 5.32. The number of carbonyl (C=O) groups excluding carboxylic acids is 1. The average molecular weight is 290 g/mol. The van der Waals surface area contributed by atoms with Gasteiger partial charge < -0.3 is 4.74 Å². The normalized spacial score (nSPS) is 11.2. The summed E-state index contributed by atoms with van der Waals surface area (Å²) in [4.78, 5) is 12.2. The molecule has 2 rings (SSSR count). The summed E-state index contributed by atoms with van der Waals surface area (Å²) in [5.74, 6) is -2.40. The van der Waals surface area contributed by atoms with Gasteiger partial charge in [-0.2, -0.15) is 0 Å². The van der Waals surface area contributed by atoms with Crippen molar-refractivity contribution in [2.75, 3.05) is 0 Å². The van der Waals surface area contributed by atoms with E-state index in [1.807, 2.05) is 30.3 Å². The number of halogens is 2. The molecule has 0 spiro atoms. The third kappa shape index (κ3) is 3.45. The zero-order chi connectivity index (χ0) is 15.5. The van der Waals surface area contributed by atoms with Gasteiger partial charge in [-0.1, -0.05) is 36.4 Å². The van der Waals surface area contributed by atoms with E-state index >= 15 is 0 Å². The maximum absolute atomic E-state index is 13.3. The largest absolute Gasteiger partial charge is 0.460 e. The average Bonchev–Trinajstić information content (AvgIpc) is 2.48. The molecule has 21 heavy (non-hydrogen) atoms. The van der Waals surface area contributed by atoms with Gasteiger partial charge in [0, 0.05) is 0 Å². The summed E-state index contributed by atoms with van der Waals surface area (Å²) in [7, 11) is 0. The molecule has 0 radical (unpaired) electrons. The van der Waals surface area contributed by atoms with Gasteiger partial charge in [-0.05, 0) is 37.1 Å². The lowest BCUT2D eigenvalue weighted by molar-refractivity contribution is -0.150. The van der Waals surface area contributed by atoms with Gasteiger partial charge in [-0.15, -0.1) is 0 Å². The highest BCUT2D eigenvalue weighted by Crippen LogP contribution is 2.26. The van der Waals surface area contributed by atoms with Crippen LogP contribution in [0.5, 0.6) is 0 Å². The zero-order valence-electron chi connectivity index (χ0n) is 11.9. The Labute approximate surface area is 122 Å². The minimum Gasteiger partial charge on any atom is -0.460 e. The van der Waals surface area contributed by atoms with Crippen molar-refractivity contribution in [3.8, 4) is 0 Å². The second kappa shape index (κ2) is 6.04. The van der Waals surface area contributed by atoms with Gasteiger partial charge in [0.15, 0.2) is 11.6 Å². The van der Waals surface area contributed by atoms with Crippen molar-refractivity contribution in [2.45, 2.75) is 25.9 Å². The molecule has 0 heterocycles. The molecule has 0 amide bonds. The maximum Gasteiger partial charge on any atom is 0.316 e. The van der Waals surface area contributed by atoms with Crippen LogP contribution in [0.1, 0.15) is 25.0 Å². The second-order valence-electron chi connectivity index (χ2n) is 5.32. The lowest BCUT2D eigenvalue weighted by Gasteiger charge is -2.23. The maximum atomic E-state index is 13.3. The fraction of sp³-hybridized carbons (Fsp3) is 0.235. The quantitative estimate of drug-likeness (QED) is 0.796. The van der Waals surface area contributed by atoms with E-state index in [1.54, 1.807) is 13.8 Å². The van der Waals surface area contributed by atoms with Crippen LogP contribution < -0.4 is 0 Å². The van der Waals surface area contributed by atoms with Crippen molar-refractivity contribution in [3.63, 3.8) is 0 Å². The molecule has 2 aromatic rings. The first kappa shape index (κ1) is 15.2. The zero-order valence-corrected chi connectivity index (χ0v) is 11.9. The van der Waals surface area contributed by atoms with Gasteiger partial charge in [0.1, 0.15) is 6.61 Å². The number of hydrogen-bond acceptors (Lipinski definition) is 2. The molecule has 0 unspecified atom stereocenters. The van der Waals surface area contributed by atoms with E-state index in [9.17, 15) is 13.6 Å².